The standard InChI is InChI=1S/C23H26N4O2S/c1-16(23(29)24-19-9-7-18(8-10-19)17(2)28)27-13-11-26(12-14-27)15-22-25-20-5-3-4-6-21(20)30-22/h3-10,16H,11-15H2,1-2H3,(H,24,29)/t16-/m0/s1. The maximum absolute atomic E-state index is 12.7. The number of piperazine rings is 1. The van der Waals surface area contributed by atoms with Gasteiger partial charge in [-0.3, -0.25) is 19.4 Å². The molecule has 0 spiro atoms. The van der Waals surface area contributed by atoms with Crippen LogP contribution in [0.25, 0.3) is 10.2 Å². The summed E-state index contributed by atoms with van der Waals surface area (Å²) < 4.78 is 1.23. The van der Waals surface area contributed by atoms with Crippen molar-refractivity contribution >= 4 is 38.9 Å². The van der Waals surface area contributed by atoms with Gasteiger partial charge < -0.3 is 5.32 Å². The molecule has 7 heteroatoms. The van der Waals surface area contributed by atoms with E-state index in [0.29, 0.717) is 11.3 Å². The summed E-state index contributed by atoms with van der Waals surface area (Å²) in [5, 5.41) is 4.10. The average Bonchev–Trinajstić information content (AvgIpc) is 3.16. The van der Waals surface area contributed by atoms with E-state index in [-0.39, 0.29) is 17.7 Å². The Bertz CT molecular complexity index is 1010. The molecule has 3 aromatic rings. The highest BCUT2D eigenvalue weighted by Gasteiger charge is 2.26. The summed E-state index contributed by atoms with van der Waals surface area (Å²) >= 11 is 1.76. The van der Waals surface area contributed by atoms with Crippen molar-refractivity contribution in [1.82, 2.24) is 14.8 Å². The Morgan fingerprint density at radius 2 is 1.77 bits per heavy atom. The number of Topliss-reactive ketones (excluding diaryl/α,β-unsaturated/α-hetero) is 1. The Morgan fingerprint density at radius 3 is 2.43 bits per heavy atom. The van der Waals surface area contributed by atoms with Gasteiger partial charge in [-0.25, -0.2) is 4.98 Å². The van der Waals surface area contributed by atoms with Gasteiger partial charge in [0, 0.05) is 37.4 Å². The number of nitrogens with one attached hydrogen (secondary N) is 1. The van der Waals surface area contributed by atoms with Crippen LogP contribution in [0.5, 0.6) is 0 Å². The Morgan fingerprint density at radius 1 is 1.07 bits per heavy atom. The maximum Gasteiger partial charge on any atom is 0.241 e. The van der Waals surface area contributed by atoms with Crippen molar-refractivity contribution in [2.45, 2.75) is 26.4 Å². The lowest BCUT2D eigenvalue weighted by molar-refractivity contribution is -0.121. The Hall–Kier alpha value is -2.61. The van der Waals surface area contributed by atoms with E-state index in [1.807, 2.05) is 19.1 Å². The summed E-state index contributed by atoms with van der Waals surface area (Å²) in [5.41, 5.74) is 2.43. The summed E-state index contributed by atoms with van der Waals surface area (Å²) in [4.78, 5) is 33.4. The summed E-state index contributed by atoms with van der Waals surface area (Å²) in [5.74, 6) is -0.00448. The summed E-state index contributed by atoms with van der Waals surface area (Å²) in [6.07, 6.45) is 0. The summed E-state index contributed by atoms with van der Waals surface area (Å²) in [7, 11) is 0. The van der Waals surface area contributed by atoms with Gasteiger partial charge >= 0.3 is 0 Å². The fourth-order valence-electron chi connectivity index (χ4n) is 3.69. The minimum absolute atomic E-state index is 0.0185. The molecule has 4 rings (SSSR count). The summed E-state index contributed by atoms with van der Waals surface area (Å²) in [6, 6.07) is 15.1. The maximum atomic E-state index is 12.7. The molecule has 6 nitrogen and oxygen atoms in total. The fraction of sp³-hybridized carbons (Fsp3) is 0.348. The summed E-state index contributed by atoms with van der Waals surface area (Å²) in [6.45, 7) is 7.87. The number of fused-ring (bicyclic) bond motifs is 1. The quantitative estimate of drug-likeness (QED) is 0.615. The Kier molecular flexibility index (Phi) is 6.22. The molecule has 0 saturated carbocycles. The van der Waals surface area contributed by atoms with E-state index < -0.39 is 0 Å². The van der Waals surface area contributed by atoms with Crippen LogP contribution in [0.15, 0.2) is 48.5 Å². The third-order valence-electron chi connectivity index (χ3n) is 5.59. The number of aromatic nitrogens is 1. The third-order valence-corrected chi connectivity index (χ3v) is 6.61. The van der Waals surface area contributed by atoms with Crippen molar-refractivity contribution in [1.29, 1.82) is 0 Å². The number of ketones is 1. The minimum atomic E-state index is -0.206. The molecule has 30 heavy (non-hydrogen) atoms. The van der Waals surface area contributed by atoms with Crippen molar-refractivity contribution in [2.24, 2.45) is 0 Å². The first kappa shape index (κ1) is 20.7. The molecule has 1 aliphatic heterocycles. The molecule has 2 heterocycles. The molecule has 1 fully saturated rings. The number of thiazole rings is 1. The van der Waals surface area contributed by atoms with E-state index in [0.717, 1.165) is 43.2 Å². The van der Waals surface area contributed by atoms with Crippen molar-refractivity contribution in [3.8, 4) is 0 Å². The molecular formula is C23H26N4O2S. The van der Waals surface area contributed by atoms with Crippen molar-refractivity contribution in [3.63, 3.8) is 0 Å². The van der Waals surface area contributed by atoms with Crippen molar-refractivity contribution < 1.29 is 9.59 Å². The minimum Gasteiger partial charge on any atom is -0.325 e. The first-order valence-electron chi connectivity index (χ1n) is 10.2. The predicted octanol–water partition coefficient (Wildman–Crippen LogP) is 3.64. The number of hydrogen-bond acceptors (Lipinski definition) is 6. The number of hydrogen-bond donors (Lipinski definition) is 1. The van der Waals surface area contributed by atoms with Crippen LogP contribution in [0.1, 0.15) is 29.2 Å². The lowest BCUT2D eigenvalue weighted by Gasteiger charge is -2.37. The van der Waals surface area contributed by atoms with E-state index in [1.54, 1.807) is 35.6 Å². The number of carbonyl (C=O) groups is 2. The monoisotopic (exact) mass is 422 g/mol. The number of benzene rings is 2. The van der Waals surface area contributed by atoms with Gasteiger partial charge in [0.15, 0.2) is 5.78 Å². The molecule has 0 aliphatic carbocycles. The van der Waals surface area contributed by atoms with Crippen LogP contribution in [-0.4, -0.2) is 58.7 Å². The number of carbonyl (C=O) groups excluding carboxylic acids is 2. The first-order valence-corrected chi connectivity index (χ1v) is 11.0. The van der Waals surface area contributed by atoms with Gasteiger partial charge in [-0.05, 0) is 50.2 Å². The zero-order chi connectivity index (χ0) is 21.1. The molecule has 1 aromatic heterocycles. The highest BCUT2D eigenvalue weighted by molar-refractivity contribution is 7.18. The van der Waals surface area contributed by atoms with Gasteiger partial charge in [0.25, 0.3) is 0 Å². The van der Waals surface area contributed by atoms with Crippen LogP contribution in [0.3, 0.4) is 0 Å². The topological polar surface area (TPSA) is 65.5 Å². The number of para-hydroxylation sites is 1. The number of nitrogens with zero attached hydrogens (tertiary/aromatic N) is 3. The van der Waals surface area contributed by atoms with E-state index in [1.165, 1.54) is 11.6 Å². The first-order chi connectivity index (χ1) is 14.5. The van der Waals surface area contributed by atoms with E-state index in [2.05, 4.69) is 27.2 Å². The molecule has 1 aliphatic rings. The van der Waals surface area contributed by atoms with Crippen LogP contribution >= 0.6 is 11.3 Å². The van der Waals surface area contributed by atoms with Crippen molar-refractivity contribution in [2.75, 3.05) is 31.5 Å². The zero-order valence-electron chi connectivity index (χ0n) is 17.3. The number of anilines is 1. The lowest BCUT2D eigenvalue weighted by Crippen LogP contribution is -2.52. The second-order valence-corrected chi connectivity index (χ2v) is 8.80. The second kappa shape index (κ2) is 9.04. The molecular weight excluding hydrogens is 396 g/mol. The van der Waals surface area contributed by atoms with Crippen LogP contribution in [0, 0.1) is 0 Å². The molecule has 0 bridgehead atoms. The van der Waals surface area contributed by atoms with Gasteiger partial charge in [-0.2, -0.15) is 0 Å². The smallest absolute Gasteiger partial charge is 0.241 e. The SMILES string of the molecule is CC(=O)c1ccc(NC(=O)[C@H](C)N2CCN(Cc3nc4ccccc4s3)CC2)cc1. The average molecular weight is 423 g/mol. The van der Waals surface area contributed by atoms with E-state index in [9.17, 15) is 9.59 Å². The fourth-order valence-corrected chi connectivity index (χ4v) is 4.70. The lowest BCUT2D eigenvalue weighted by atomic mass is 10.1. The highest BCUT2D eigenvalue weighted by Crippen LogP contribution is 2.23. The molecule has 156 valence electrons. The van der Waals surface area contributed by atoms with Crippen molar-refractivity contribution in [3.05, 3.63) is 59.1 Å². The van der Waals surface area contributed by atoms with Gasteiger partial charge in [0.2, 0.25) is 5.91 Å². The predicted molar refractivity (Wildman–Crippen MR) is 121 cm³/mol. The highest BCUT2D eigenvalue weighted by atomic mass is 32.1. The molecule has 1 N–H and O–H groups in total. The van der Waals surface area contributed by atoms with Crippen LogP contribution in [0.4, 0.5) is 5.69 Å². The van der Waals surface area contributed by atoms with Crippen LogP contribution < -0.4 is 5.32 Å². The Balaban J connectivity index is 1.28. The van der Waals surface area contributed by atoms with Gasteiger partial charge in [0.05, 0.1) is 22.8 Å². The van der Waals surface area contributed by atoms with Crippen LogP contribution in [0.2, 0.25) is 0 Å². The molecule has 1 atom stereocenters. The third kappa shape index (κ3) is 4.75. The molecule has 1 saturated heterocycles. The second-order valence-electron chi connectivity index (χ2n) is 7.69. The largest absolute Gasteiger partial charge is 0.325 e. The number of rotatable bonds is 6. The number of amides is 1. The van der Waals surface area contributed by atoms with E-state index in [4.69, 9.17) is 4.98 Å². The van der Waals surface area contributed by atoms with Gasteiger partial charge in [-0.1, -0.05) is 12.1 Å². The van der Waals surface area contributed by atoms with Gasteiger partial charge in [-0.15, -0.1) is 11.3 Å². The van der Waals surface area contributed by atoms with Crippen LogP contribution in [-0.2, 0) is 11.3 Å². The molecule has 1 amide bonds. The van der Waals surface area contributed by atoms with Gasteiger partial charge in [0.1, 0.15) is 5.01 Å². The van der Waals surface area contributed by atoms with E-state index >= 15 is 0 Å². The molecule has 2 aromatic carbocycles. The molecule has 0 unspecified atom stereocenters. The Labute approximate surface area is 180 Å². The normalized spacial score (nSPS) is 16.5. The zero-order valence-corrected chi connectivity index (χ0v) is 18.1. The molecule has 0 radical (unpaired) electrons.